The second-order valence-corrected chi connectivity index (χ2v) is 8.11. The van der Waals surface area contributed by atoms with Crippen molar-refractivity contribution in [1.29, 1.82) is 5.26 Å². The number of nitriles is 1. The van der Waals surface area contributed by atoms with Gasteiger partial charge in [-0.25, -0.2) is 0 Å². The molecule has 2 atom stereocenters. The molecule has 2 saturated heterocycles. The number of anilines is 1. The molecule has 30 heavy (non-hydrogen) atoms. The molecule has 3 N–H and O–H groups in total. The van der Waals surface area contributed by atoms with Gasteiger partial charge in [-0.1, -0.05) is 0 Å². The highest BCUT2D eigenvalue weighted by Crippen LogP contribution is 2.28. The molecule has 2 aliphatic rings. The maximum atomic E-state index is 12.6. The predicted octanol–water partition coefficient (Wildman–Crippen LogP) is 1.64. The van der Waals surface area contributed by atoms with Gasteiger partial charge in [0.2, 0.25) is 5.91 Å². The molecule has 8 nitrogen and oxygen atoms in total. The van der Waals surface area contributed by atoms with Crippen LogP contribution in [0.25, 0.3) is 10.9 Å². The Labute approximate surface area is 175 Å². The molecule has 0 unspecified atom stereocenters. The molecule has 1 aromatic carbocycles. The Hall–Kier alpha value is -3.18. The fourth-order valence-electron chi connectivity index (χ4n) is 4.43. The molecule has 0 bridgehead atoms. The molecule has 1 aromatic heterocycles. The van der Waals surface area contributed by atoms with E-state index in [4.69, 9.17) is 5.73 Å². The lowest BCUT2D eigenvalue weighted by Gasteiger charge is -2.23. The van der Waals surface area contributed by atoms with Crippen molar-refractivity contribution in [2.75, 3.05) is 31.5 Å². The zero-order valence-corrected chi connectivity index (χ0v) is 17.1. The van der Waals surface area contributed by atoms with Crippen LogP contribution in [0.4, 0.5) is 5.69 Å². The average Bonchev–Trinajstić information content (AvgIpc) is 3.36. The molecule has 2 aromatic rings. The van der Waals surface area contributed by atoms with Crippen LogP contribution in [-0.4, -0.2) is 64.9 Å². The molecule has 2 aliphatic heterocycles. The molecule has 0 radical (unpaired) electrons. The Kier molecular flexibility index (Phi) is 5.55. The molecule has 8 heteroatoms. The Morgan fingerprint density at radius 3 is 2.87 bits per heavy atom. The minimum atomic E-state index is -0.493. The number of pyridine rings is 1. The number of carbonyl (C=O) groups excluding carboxylic acids is 2. The number of likely N-dealkylation sites (tertiary alicyclic amines) is 2. The summed E-state index contributed by atoms with van der Waals surface area (Å²) in [6.45, 7) is 4.47. The number of nitrogens with zero attached hydrogens (tertiary/aromatic N) is 4. The highest BCUT2D eigenvalue weighted by Gasteiger charge is 2.31. The maximum absolute atomic E-state index is 12.6. The van der Waals surface area contributed by atoms with E-state index in [1.54, 1.807) is 11.0 Å². The molecule has 0 aliphatic carbocycles. The topological polar surface area (TPSA) is 115 Å². The first-order valence-electron chi connectivity index (χ1n) is 10.3. The number of amides is 2. The largest absolute Gasteiger partial charge is 0.380 e. The number of carbonyl (C=O) groups is 2. The fourth-order valence-corrected chi connectivity index (χ4v) is 4.43. The smallest absolute Gasteiger partial charge is 0.250 e. The highest BCUT2D eigenvalue weighted by molar-refractivity contribution is 6.08. The first-order valence-corrected chi connectivity index (χ1v) is 10.3. The van der Waals surface area contributed by atoms with Crippen molar-refractivity contribution in [3.63, 3.8) is 0 Å². The van der Waals surface area contributed by atoms with Gasteiger partial charge < -0.3 is 16.0 Å². The fraction of sp³-hybridized carbons (Fsp3) is 0.455. The van der Waals surface area contributed by atoms with E-state index in [1.807, 2.05) is 25.1 Å². The minimum Gasteiger partial charge on any atom is -0.380 e. The summed E-state index contributed by atoms with van der Waals surface area (Å²) >= 11 is 0. The van der Waals surface area contributed by atoms with E-state index in [2.05, 4.69) is 21.3 Å². The Bertz CT molecular complexity index is 1030. The second-order valence-electron chi connectivity index (χ2n) is 8.11. The molecule has 156 valence electrons. The third-order valence-electron chi connectivity index (χ3n) is 5.97. The van der Waals surface area contributed by atoms with Crippen molar-refractivity contribution >= 4 is 28.4 Å². The number of hydrogen-bond acceptors (Lipinski definition) is 6. The summed E-state index contributed by atoms with van der Waals surface area (Å²) in [4.78, 5) is 32.8. The van der Waals surface area contributed by atoms with Crippen molar-refractivity contribution < 1.29 is 9.59 Å². The van der Waals surface area contributed by atoms with E-state index in [-0.39, 0.29) is 18.0 Å². The number of aryl methyl sites for hydroxylation is 1. The number of nitrogens with two attached hydrogens (primary N) is 1. The molecule has 3 heterocycles. The number of nitrogens with one attached hydrogen (secondary N) is 1. The van der Waals surface area contributed by atoms with Crippen molar-refractivity contribution in [1.82, 2.24) is 14.8 Å². The molecule has 2 amide bonds. The Morgan fingerprint density at radius 1 is 1.27 bits per heavy atom. The summed E-state index contributed by atoms with van der Waals surface area (Å²) in [6.07, 6.45) is 2.58. The van der Waals surface area contributed by atoms with Crippen molar-refractivity contribution in [2.24, 2.45) is 5.73 Å². The van der Waals surface area contributed by atoms with Crippen LogP contribution in [-0.2, 0) is 4.79 Å². The SMILES string of the molecule is Cc1ccc2c(N[C@H]3CCN(CC(=O)N4CCC[C@H]4C#N)C3)ccc(C(N)=O)c2n1. The van der Waals surface area contributed by atoms with Crippen LogP contribution in [0.2, 0.25) is 0 Å². The van der Waals surface area contributed by atoms with Gasteiger partial charge in [0, 0.05) is 42.4 Å². The lowest BCUT2D eigenvalue weighted by atomic mass is 10.1. The number of benzene rings is 1. The van der Waals surface area contributed by atoms with E-state index in [0.717, 1.165) is 49.1 Å². The molecular formula is C22H26N6O2. The van der Waals surface area contributed by atoms with Gasteiger partial charge in [-0.05, 0) is 50.5 Å². The van der Waals surface area contributed by atoms with Gasteiger partial charge in [-0.3, -0.25) is 19.5 Å². The van der Waals surface area contributed by atoms with Crippen LogP contribution < -0.4 is 11.1 Å². The predicted molar refractivity (Wildman–Crippen MR) is 114 cm³/mol. The van der Waals surface area contributed by atoms with Gasteiger partial charge in [-0.2, -0.15) is 5.26 Å². The third kappa shape index (κ3) is 3.94. The summed E-state index contributed by atoms with van der Waals surface area (Å²) in [7, 11) is 0. The molecule has 0 spiro atoms. The monoisotopic (exact) mass is 406 g/mol. The average molecular weight is 406 g/mol. The highest BCUT2D eigenvalue weighted by atomic mass is 16.2. The lowest BCUT2D eigenvalue weighted by molar-refractivity contribution is -0.132. The summed E-state index contributed by atoms with van der Waals surface area (Å²) < 4.78 is 0. The van der Waals surface area contributed by atoms with Crippen LogP contribution >= 0.6 is 0 Å². The van der Waals surface area contributed by atoms with Gasteiger partial charge in [0.1, 0.15) is 6.04 Å². The number of rotatable bonds is 5. The van der Waals surface area contributed by atoms with E-state index in [0.29, 0.717) is 24.2 Å². The van der Waals surface area contributed by atoms with E-state index >= 15 is 0 Å². The first kappa shape index (κ1) is 20.1. The normalized spacial score (nSPS) is 21.7. The van der Waals surface area contributed by atoms with Crippen molar-refractivity contribution in [3.8, 4) is 6.07 Å². The van der Waals surface area contributed by atoms with E-state index in [9.17, 15) is 14.9 Å². The zero-order valence-electron chi connectivity index (χ0n) is 17.1. The Morgan fingerprint density at radius 2 is 2.10 bits per heavy atom. The summed E-state index contributed by atoms with van der Waals surface area (Å²) in [5, 5.41) is 13.6. The van der Waals surface area contributed by atoms with E-state index in [1.165, 1.54) is 0 Å². The van der Waals surface area contributed by atoms with Gasteiger partial charge >= 0.3 is 0 Å². The van der Waals surface area contributed by atoms with Crippen LogP contribution in [0.15, 0.2) is 24.3 Å². The maximum Gasteiger partial charge on any atom is 0.250 e. The van der Waals surface area contributed by atoms with Crippen molar-refractivity contribution in [2.45, 2.75) is 38.3 Å². The van der Waals surface area contributed by atoms with Crippen molar-refractivity contribution in [3.05, 3.63) is 35.5 Å². The second kappa shape index (κ2) is 8.28. The molecule has 4 rings (SSSR count). The standard InChI is InChI=1S/C22H26N6O2/c1-14-4-5-17-19(7-6-18(22(24)30)21(17)25-14)26-15-8-10-27(12-15)13-20(29)28-9-2-3-16(28)11-23/h4-7,15-16,26H,2-3,8-10,12-13H2,1H3,(H2,24,30)/t15-,16-/m0/s1. The summed E-state index contributed by atoms with van der Waals surface area (Å²) in [6, 6.07) is 9.60. The summed E-state index contributed by atoms with van der Waals surface area (Å²) in [5.74, 6) is -0.455. The van der Waals surface area contributed by atoms with Gasteiger partial charge in [0.15, 0.2) is 0 Å². The van der Waals surface area contributed by atoms with Crippen LogP contribution in [0.3, 0.4) is 0 Å². The van der Waals surface area contributed by atoms with Crippen LogP contribution in [0, 0.1) is 18.3 Å². The van der Waals surface area contributed by atoms with Crippen LogP contribution in [0.5, 0.6) is 0 Å². The number of hydrogen-bond donors (Lipinski definition) is 2. The quantitative estimate of drug-likeness (QED) is 0.780. The molecule has 2 fully saturated rings. The van der Waals surface area contributed by atoms with Gasteiger partial charge in [-0.15, -0.1) is 0 Å². The van der Waals surface area contributed by atoms with E-state index < -0.39 is 5.91 Å². The third-order valence-corrected chi connectivity index (χ3v) is 5.97. The van der Waals surface area contributed by atoms with Gasteiger partial charge in [0.05, 0.1) is 23.7 Å². The molecular weight excluding hydrogens is 380 g/mol. The minimum absolute atomic E-state index is 0.0376. The zero-order chi connectivity index (χ0) is 21.3. The van der Waals surface area contributed by atoms with Gasteiger partial charge in [0.25, 0.3) is 5.91 Å². The number of aromatic nitrogens is 1. The first-order chi connectivity index (χ1) is 14.5. The lowest BCUT2D eigenvalue weighted by Crippen LogP contribution is -2.42. The number of fused-ring (bicyclic) bond motifs is 1. The summed E-state index contributed by atoms with van der Waals surface area (Å²) in [5.41, 5.74) is 8.27. The number of primary amides is 1. The molecule has 0 saturated carbocycles. The Balaban J connectivity index is 1.44. The van der Waals surface area contributed by atoms with Crippen LogP contribution in [0.1, 0.15) is 35.3 Å².